The van der Waals surface area contributed by atoms with Gasteiger partial charge in [-0.05, 0) is 24.1 Å². The second kappa shape index (κ2) is 3.86. The van der Waals surface area contributed by atoms with Crippen molar-refractivity contribution >= 4 is 0 Å². The van der Waals surface area contributed by atoms with Gasteiger partial charge in [-0.1, -0.05) is 36.9 Å². The van der Waals surface area contributed by atoms with Crippen molar-refractivity contribution in [1.82, 2.24) is 0 Å². The molecule has 0 unspecified atom stereocenters. The Labute approximate surface area is 72.0 Å². The first-order valence-electron chi connectivity index (χ1n) is 3.77. The molecule has 0 radical (unpaired) electrons. The summed E-state index contributed by atoms with van der Waals surface area (Å²) in [5.41, 5.74) is 2.00. The topological polar surface area (TPSA) is 0 Å². The first-order valence-corrected chi connectivity index (χ1v) is 3.77. The van der Waals surface area contributed by atoms with E-state index in [0.29, 0.717) is 0 Å². The Balaban J connectivity index is 2.71. The molecule has 0 spiro atoms. The van der Waals surface area contributed by atoms with E-state index in [0.717, 1.165) is 17.6 Å². The van der Waals surface area contributed by atoms with Crippen LogP contribution in [0.1, 0.15) is 5.56 Å². The largest absolute Gasteiger partial charge is 0.207 e. The normalized spacial score (nSPS) is 9.42. The first kappa shape index (κ1) is 8.72. The zero-order valence-electron chi connectivity index (χ0n) is 6.89. The Bertz CT molecular complexity index is 282. The maximum atomic E-state index is 12.5. The van der Waals surface area contributed by atoms with Gasteiger partial charge in [-0.3, -0.25) is 0 Å². The second-order valence-corrected chi connectivity index (χ2v) is 2.67. The van der Waals surface area contributed by atoms with Gasteiger partial charge in [0.25, 0.3) is 0 Å². The summed E-state index contributed by atoms with van der Waals surface area (Å²) in [7, 11) is 0. The summed E-state index contributed by atoms with van der Waals surface area (Å²) in [6.45, 7) is 7.38. The molecule has 0 aliphatic rings. The van der Waals surface area contributed by atoms with Crippen LogP contribution in [0.15, 0.2) is 49.1 Å². The number of halogens is 1. The Morgan fingerprint density at radius 2 is 1.92 bits per heavy atom. The van der Waals surface area contributed by atoms with Gasteiger partial charge < -0.3 is 0 Å². The van der Waals surface area contributed by atoms with Crippen LogP contribution in [0.4, 0.5) is 4.39 Å². The molecule has 12 heavy (non-hydrogen) atoms. The van der Waals surface area contributed by atoms with Crippen molar-refractivity contribution in [2.75, 3.05) is 0 Å². The van der Waals surface area contributed by atoms with Gasteiger partial charge in [-0.2, -0.15) is 0 Å². The summed E-state index contributed by atoms with van der Waals surface area (Å²) in [6.07, 6.45) is 2.45. The molecule has 0 aliphatic heterocycles. The standard InChI is InChI=1S/C11H11F/c1-3-9(2)8-10-4-6-11(12)7-5-10/h3-7H,1-2,8H2. The lowest BCUT2D eigenvalue weighted by molar-refractivity contribution is 0.627. The smallest absolute Gasteiger partial charge is 0.123 e. The molecule has 0 heterocycles. The van der Waals surface area contributed by atoms with E-state index in [2.05, 4.69) is 13.2 Å². The van der Waals surface area contributed by atoms with Gasteiger partial charge >= 0.3 is 0 Å². The van der Waals surface area contributed by atoms with Crippen LogP contribution in [0.2, 0.25) is 0 Å². The van der Waals surface area contributed by atoms with Crippen LogP contribution in [-0.2, 0) is 6.42 Å². The van der Waals surface area contributed by atoms with E-state index in [1.165, 1.54) is 12.1 Å². The van der Waals surface area contributed by atoms with E-state index < -0.39 is 0 Å². The molecule has 0 amide bonds. The average molecular weight is 162 g/mol. The lowest BCUT2D eigenvalue weighted by Gasteiger charge is -1.99. The number of hydrogen-bond donors (Lipinski definition) is 0. The molecule has 1 rings (SSSR count). The highest BCUT2D eigenvalue weighted by molar-refractivity contribution is 5.25. The predicted molar refractivity (Wildman–Crippen MR) is 49.4 cm³/mol. The molecule has 0 N–H and O–H groups in total. The van der Waals surface area contributed by atoms with Gasteiger partial charge in [0.1, 0.15) is 5.82 Å². The summed E-state index contributed by atoms with van der Waals surface area (Å²) < 4.78 is 12.5. The monoisotopic (exact) mass is 162 g/mol. The van der Waals surface area contributed by atoms with Crippen molar-refractivity contribution in [3.63, 3.8) is 0 Å². The Kier molecular flexibility index (Phi) is 2.81. The summed E-state index contributed by atoms with van der Waals surface area (Å²) in [5, 5.41) is 0. The first-order chi connectivity index (χ1) is 5.72. The van der Waals surface area contributed by atoms with Gasteiger partial charge in [0, 0.05) is 0 Å². The third-order valence-corrected chi connectivity index (χ3v) is 1.63. The molecule has 0 aliphatic carbocycles. The van der Waals surface area contributed by atoms with Gasteiger partial charge in [0.15, 0.2) is 0 Å². The summed E-state index contributed by atoms with van der Waals surface area (Å²) in [5.74, 6) is -0.206. The minimum atomic E-state index is -0.206. The van der Waals surface area contributed by atoms with Crippen molar-refractivity contribution in [2.45, 2.75) is 6.42 Å². The lowest BCUT2D eigenvalue weighted by atomic mass is 10.1. The third-order valence-electron chi connectivity index (χ3n) is 1.63. The van der Waals surface area contributed by atoms with Gasteiger partial charge in [-0.15, -0.1) is 0 Å². The molecule has 1 aromatic rings. The molecule has 62 valence electrons. The molecule has 0 bridgehead atoms. The molecule has 0 nitrogen and oxygen atoms in total. The van der Waals surface area contributed by atoms with Gasteiger partial charge in [0.05, 0.1) is 0 Å². The summed E-state index contributed by atoms with van der Waals surface area (Å²) >= 11 is 0. The number of benzene rings is 1. The van der Waals surface area contributed by atoms with Crippen LogP contribution in [0.5, 0.6) is 0 Å². The highest BCUT2D eigenvalue weighted by Crippen LogP contribution is 2.08. The number of allylic oxidation sites excluding steroid dienone is 2. The minimum absolute atomic E-state index is 0.206. The van der Waals surface area contributed by atoms with E-state index in [-0.39, 0.29) is 5.82 Å². The van der Waals surface area contributed by atoms with Crippen LogP contribution < -0.4 is 0 Å². The molecule has 0 saturated heterocycles. The van der Waals surface area contributed by atoms with Gasteiger partial charge in [-0.25, -0.2) is 4.39 Å². The Morgan fingerprint density at radius 1 is 1.33 bits per heavy atom. The fourth-order valence-electron chi connectivity index (χ4n) is 0.937. The minimum Gasteiger partial charge on any atom is -0.207 e. The fourth-order valence-corrected chi connectivity index (χ4v) is 0.937. The van der Waals surface area contributed by atoms with E-state index in [9.17, 15) is 4.39 Å². The fraction of sp³-hybridized carbons (Fsp3) is 0.0909. The van der Waals surface area contributed by atoms with Crippen molar-refractivity contribution in [3.05, 3.63) is 60.5 Å². The summed E-state index contributed by atoms with van der Waals surface area (Å²) in [4.78, 5) is 0. The zero-order chi connectivity index (χ0) is 8.97. The molecule has 1 heteroatoms. The molecular formula is C11H11F. The van der Waals surface area contributed by atoms with Crippen molar-refractivity contribution < 1.29 is 4.39 Å². The van der Waals surface area contributed by atoms with Crippen LogP contribution in [0.3, 0.4) is 0 Å². The quantitative estimate of drug-likeness (QED) is 0.599. The van der Waals surface area contributed by atoms with E-state index >= 15 is 0 Å². The number of rotatable bonds is 3. The molecule has 0 fully saturated rings. The molecule has 0 aromatic heterocycles. The second-order valence-electron chi connectivity index (χ2n) is 2.67. The highest BCUT2D eigenvalue weighted by atomic mass is 19.1. The summed E-state index contributed by atoms with van der Waals surface area (Å²) in [6, 6.07) is 6.41. The van der Waals surface area contributed by atoms with Crippen LogP contribution in [0.25, 0.3) is 0 Å². The van der Waals surface area contributed by atoms with Gasteiger partial charge in [0.2, 0.25) is 0 Å². The molecule has 1 aromatic carbocycles. The van der Waals surface area contributed by atoms with Crippen molar-refractivity contribution in [3.8, 4) is 0 Å². The molecule has 0 atom stereocenters. The number of hydrogen-bond acceptors (Lipinski definition) is 0. The predicted octanol–water partition coefficient (Wildman–Crippen LogP) is 3.11. The van der Waals surface area contributed by atoms with E-state index in [1.807, 2.05) is 0 Å². The molecule has 0 saturated carbocycles. The maximum absolute atomic E-state index is 12.5. The Hall–Kier alpha value is -1.37. The maximum Gasteiger partial charge on any atom is 0.123 e. The lowest BCUT2D eigenvalue weighted by Crippen LogP contribution is -1.85. The zero-order valence-corrected chi connectivity index (χ0v) is 6.89. The van der Waals surface area contributed by atoms with Crippen molar-refractivity contribution in [1.29, 1.82) is 0 Å². The SMILES string of the molecule is C=CC(=C)Cc1ccc(F)cc1. The van der Waals surface area contributed by atoms with Crippen LogP contribution in [0, 0.1) is 5.82 Å². The highest BCUT2D eigenvalue weighted by Gasteiger charge is 1.93. The molecular weight excluding hydrogens is 151 g/mol. The third kappa shape index (κ3) is 2.35. The van der Waals surface area contributed by atoms with Crippen molar-refractivity contribution in [2.24, 2.45) is 0 Å². The van der Waals surface area contributed by atoms with Crippen LogP contribution in [-0.4, -0.2) is 0 Å². The Morgan fingerprint density at radius 3 is 2.42 bits per heavy atom. The van der Waals surface area contributed by atoms with E-state index in [1.54, 1.807) is 18.2 Å². The van der Waals surface area contributed by atoms with E-state index in [4.69, 9.17) is 0 Å². The average Bonchev–Trinajstić information content (AvgIpc) is 2.09. The van der Waals surface area contributed by atoms with Crippen LogP contribution >= 0.6 is 0 Å².